The standard InChI is InChI=1S/C15H23N5O/c1-19(8-10-6-17-15(16)18-7-10)13-3-11-5-14(21)20(2)9-12(11)4-13/h6-7,11-13H,3-5,8-9H2,1-2H3,(H2,16,17,18)/t11-,12+,13-/m1/s1. The summed E-state index contributed by atoms with van der Waals surface area (Å²) in [6, 6.07) is 0.539. The molecule has 1 aromatic rings. The van der Waals surface area contributed by atoms with E-state index < -0.39 is 0 Å². The summed E-state index contributed by atoms with van der Waals surface area (Å²) in [5.74, 6) is 1.83. The molecule has 3 rings (SSSR count). The molecule has 3 atom stereocenters. The van der Waals surface area contributed by atoms with Gasteiger partial charge in [0.15, 0.2) is 0 Å². The molecule has 0 unspecified atom stereocenters. The lowest BCUT2D eigenvalue weighted by Crippen LogP contribution is -2.39. The molecule has 0 spiro atoms. The molecule has 1 saturated carbocycles. The summed E-state index contributed by atoms with van der Waals surface area (Å²) < 4.78 is 0. The van der Waals surface area contributed by atoms with Crippen LogP contribution in [0.3, 0.4) is 0 Å². The molecule has 21 heavy (non-hydrogen) atoms. The second kappa shape index (κ2) is 5.60. The first-order valence-corrected chi connectivity index (χ1v) is 7.53. The van der Waals surface area contributed by atoms with Gasteiger partial charge in [-0.25, -0.2) is 9.97 Å². The van der Waals surface area contributed by atoms with E-state index in [0.29, 0.717) is 29.7 Å². The fraction of sp³-hybridized carbons (Fsp3) is 0.667. The Bertz CT molecular complexity index is 517. The van der Waals surface area contributed by atoms with E-state index in [2.05, 4.69) is 21.9 Å². The van der Waals surface area contributed by atoms with Crippen LogP contribution in [0.2, 0.25) is 0 Å². The SMILES string of the molecule is CN1C[C@@H]2C[C@H](N(C)Cc3cnc(N)nc3)C[C@@H]2CC1=O. The Morgan fingerprint density at radius 2 is 2.00 bits per heavy atom. The molecule has 6 nitrogen and oxygen atoms in total. The highest BCUT2D eigenvalue weighted by Crippen LogP contribution is 2.40. The van der Waals surface area contributed by atoms with Gasteiger partial charge in [0, 0.05) is 50.6 Å². The Morgan fingerprint density at radius 3 is 2.71 bits per heavy atom. The summed E-state index contributed by atoms with van der Waals surface area (Å²) in [5, 5.41) is 0. The minimum atomic E-state index is 0.298. The number of likely N-dealkylation sites (tertiary alicyclic amines) is 1. The van der Waals surface area contributed by atoms with E-state index in [0.717, 1.165) is 31.5 Å². The molecule has 1 amide bonds. The van der Waals surface area contributed by atoms with Gasteiger partial charge in [-0.2, -0.15) is 0 Å². The van der Waals surface area contributed by atoms with Crippen molar-refractivity contribution in [3.8, 4) is 0 Å². The summed E-state index contributed by atoms with van der Waals surface area (Å²) >= 11 is 0. The third kappa shape index (κ3) is 3.00. The molecule has 6 heteroatoms. The van der Waals surface area contributed by atoms with E-state index in [1.165, 1.54) is 6.42 Å². The van der Waals surface area contributed by atoms with Crippen LogP contribution < -0.4 is 5.73 Å². The number of fused-ring (bicyclic) bond motifs is 1. The predicted octanol–water partition coefficient (Wildman–Crippen LogP) is 0.747. The van der Waals surface area contributed by atoms with E-state index in [-0.39, 0.29) is 0 Å². The Hall–Kier alpha value is -1.69. The molecule has 0 radical (unpaired) electrons. The molecular weight excluding hydrogens is 266 g/mol. The van der Waals surface area contributed by atoms with Crippen molar-refractivity contribution in [2.45, 2.75) is 31.8 Å². The van der Waals surface area contributed by atoms with Gasteiger partial charge in [-0.1, -0.05) is 0 Å². The van der Waals surface area contributed by atoms with Crippen molar-refractivity contribution < 1.29 is 4.79 Å². The highest BCUT2D eigenvalue weighted by atomic mass is 16.2. The summed E-state index contributed by atoms with van der Waals surface area (Å²) in [4.78, 5) is 24.1. The number of amides is 1. The van der Waals surface area contributed by atoms with Crippen molar-refractivity contribution in [2.75, 3.05) is 26.4 Å². The largest absolute Gasteiger partial charge is 0.368 e. The zero-order chi connectivity index (χ0) is 15.0. The third-order valence-corrected chi connectivity index (χ3v) is 4.97. The van der Waals surface area contributed by atoms with Crippen LogP contribution in [-0.2, 0) is 11.3 Å². The first-order valence-electron chi connectivity index (χ1n) is 7.53. The number of nitrogens with two attached hydrogens (primary N) is 1. The molecule has 2 heterocycles. The molecule has 2 fully saturated rings. The second-order valence-corrected chi connectivity index (χ2v) is 6.49. The van der Waals surface area contributed by atoms with Crippen LogP contribution in [-0.4, -0.2) is 52.4 Å². The number of hydrogen-bond acceptors (Lipinski definition) is 5. The maximum Gasteiger partial charge on any atom is 0.222 e. The zero-order valence-electron chi connectivity index (χ0n) is 12.7. The van der Waals surface area contributed by atoms with Gasteiger partial charge in [0.25, 0.3) is 0 Å². The zero-order valence-corrected chi connectivity index (χ0v) is 12.7. The first-order chi connectivity index (χ1) is 10.0. The van der Waals surface area contributed by atoms with Crippen molar-refractivity contribution in [2.24, 2.45) is 11.8 Å². The normalized spacial score (nSPS) is 29.0. The lowest BCUT2D eigenvalue weighted by molar-refractivity contribution is -0.134. The van der Waals surface area contributed by atoms with E-state index in [1.807, 2.05) is 11.9 Å². The van der Waals surface area contributed by atoms with E-state index in [4.69, 9.17) is 5.73 Å². The first kappa shape index (κ1) is 14.3. The van der Waals surface area contributed by atoms with Gasteiger partial charge < -0.3 is 10.6 Å². The number of nitrogens with zero attached hydrogens (tertiary/aromatic N) is 4. The van der Waals surface area contributed by atoms with Crippen LogP contribution in [0.25, 0.3) is 0 Å². The predicted molar refractivity (Wildman–Crippen MR) is 80.2 cm³/mol. The number of nitrogen functional groups attached to an aromatic ring is 1. The lowest BCUT2D eigenvalue weighted by atomic mass is 9.88. The maximum absolute atomic E-state index is 11.8. The van der Waals surface area contributed by atoms with Crippen LogP contribution in [0.1, 0.15) is 24.8 Å². The number of anilines is 1. The van der Waals surface area contributed by atoms with Crippen molar-refractivity contribution in [1.82, 2.24) is 19.8 Å². The third-order valence-electron chi connectivity index (χ3n) is 4.97. The van der Waals surface area contributed by atoms with Crippen molar-refractivity contribution in [3.05, 3.63) is 18.0 Å². The van der Waals surface area contributed by atoms with Crippen LogP contribution >= 0.6 is 0 Å². The minimum absolute atomic E-state index is 0.298. The molecule has 1 saturated heterocycles. The monoisotopic (exact) mass is 289 g/mol. The molecule has 2 aliphatic rings. The van der Waals surface area contributed by atoms with Crippen molar-refractivity contribution >= 4 is 11.9 Å². The van der Waals surface area contributed by atoms with Gasteiger partial charge in [0.1, 0.15) is 0 Å². The fourth-order valence-electron chi connectivity index (χ4n) is 3.71. The van der Waals surface area contributed by atoms with Crippen LogP contribution in [0.4, 0.5) is 5.95 Å². The number of hydrogen-bond donors (Lipinski definition) is 1. The molecule has 0 bridgehead atoms. The van der Waals surface area contributed by atoms with Gasteiger partial charge in [-0.15, -0.1) is 0 Å². The second-order valence-electron chi connectivity index (χ2n) is 6.49. The number of carbonyl (C=O) groups is 1. The number of carbonyl (C=O) groups excluding carboxylic acids is 1. The van der Waals surface area contributed by atoms with Gasteiger partial charge in [-0.05, 0) is 31.7 Å². The Kier molecular flexibility index (Phi) is 3.80. The topological polar surface area (TPSA) is 75.3 Å². The van der Waals surface area contributed by atoms with Crippen LogP contribution in [0.15, 0.2) is 12.4 Å². The molecule has 2 N–H and O–H groups in total. The average Bonchev–Trinajstić information content (AvgIpc) is 2.85. The van der Waals surface area contributed by atoms with Gasteiger partial charge in [0.05, 0.1) is 0 Å². The summed E-state index contributed by atoms with van der Waals surface area (Å²) in [5.41, 5.74) is 6.59. The minimum Gasteiger partial charge on any atom is -0.368 e. The molecule has 1 aromatic heterocycles. The number of aromatic nitrogens is 2. The van der Waals surface area contributed by atoms with Gasteiger partial charge in [0.2, 0.25) is 11.9 Å². The maximum atomic E-state index is 11.8. The summed E-state index contributed by atoms with van der Waals surface area (Å²) in [6.45, 7) is 1.74. The van der Waals surface area contributed by atoms with Crippen molar-refractivity contribution in [1.29, 1.82) is 0 Å². The number of rotatable bonds is 3. The van der Waals surface area contributed by atoms with E-state index in [9.17, 15) is 4.79 Å². The molecule has 1 aliphatic heterocycles. The Morgan fingerprint density at radius 1 is 1.33 bits per heavy atom. The molecule has 114 valence electrons. The van der Waals surface area contributed by atoms with Crippen molar-refractivity contribution in [3.63, 3.8) is 0 Å². The van der Waals surface area contributed by atoms with Crippen LogP contribution in [0.5, 0.6) is 0 Å². The molecular formula is C15H23N5O. The summed E-state index contributed by atoms with van der Waals surface area (Å²) in [6.07, 6.45) is 6.60. The van der Waals surface area contributed by atoms with Gasteiger partial charge >= 0.3 is 0 Å². The Labute approximate surface area is 125 Å². The summed E-state index contributed by atoms with van der Waals surface area (Å²) in [7, 11) is 4.06. The molecule has 0 aromatic carbocycles. The smallest absolute Gasteiger partial charge is 0.222 e. The fourth-order valence-corrected chi connectivity index (χ4v) is 3.71. The molecule has 1 aliphatic carbocycles. The lowest BCUT2D eigenvalue weighted by Gasteiger charge is -2.31. The quantitative estimate of drug-likeness (QED) is 0.888. The highest BCUT2D eigenvalue weighted by molar-refractivity contribution is 5.77. The number of piperidine rings is 1. The van der Waals surface area contributed by atoms with Crippen LogP contribution in [0, 0.1) is 11.8 Å². The van der Waals surface area contributed by atoms with E-state index >= 15 is 0 Å². The highest BCUT2D eigenvalue weighted by Gasteiger charge is 2.41. The Balaban J connectivity index is 1.60. The van der Waals surface area contributed by atoms with E-state index in [1.54, 1.807) is 12.4 Å². The van der Waals surface area contributed by atoms with Gasteiger partial charge in [-0.3, -0.25) is 9.69 Å². The average molecular weight is 289 g/mol.